The van der Waals surface area contributed by atoms with E-state index in [9.17, 15) is 9.18 Å². The van der Waals surface area contributed by atoms with Gasteiger partial charge in [-0.05, 0) is 24.3 Å². The minimum Gasteiger partial charge on any atom is -0.345 e. The van der Waals surface area contributed by atoms with E-state index in [4.69, 9.17) is 0 Å². The average Bonchev–Trinajstić information content (AvgIpc) is 2.26. The molecule has 0 atom stereocenters. The molecule has 0 spiro atoms. The Bertz CT molecular complexity index is 412. The summed E-state index contributed by atoms with van der Waals surface area (Å²) in [5.74, 6) is 5.30. The monoisotopic (exact) mass is 219 g/mol. The van der Waals surface area contributed by atoms with Crippen LogP contribution in [0.15, 0.2) is 24.3 Å². The van der Waals surface area contributed by atoms with Crippen LogP contribution in [-0.2, 0) is 4.79 Å². The number of hydrogen-bond donors (Lipinski definition) is 1. The smallest absolute Gasteiger partial charge is 0.223 e. The molecule has 2 nitrogen and oxygen atoms in total. The highest BCUT2D eigenvalue weighted by Crippen LogP contribution is 2.00. The Hall–Kier alpha value is -1.82. The van der Waals surface area contributed by atoms with Crippen LogP contribution in [0, 0.1) is 23.6 Å². The summed E-state index contributed by atoms with van der Waals surface area (Å²) < 4.78 is 12.6. The number of nitrogens with one attached hydrogen (secondary N) is 1. The second-order valence-corrected chi connectivity index (χ2v) is 3.68. The minimum atomic E-state index is -0.279. The Morgan fingerprint density at radius 2 is 2.00 bits per heavy atom. The number of benzene rings is 1. The molecule has 0 aliphatic carbocycles. The molecule has 0 unspecified atom stereocenters. The van der Waals surface area contributed by atoms with Crippen LogP contribution in [0.5, 0.6) is 0 Å². The molecule has 3 heteroatoms. The van der Waals surface area contributed by atoms with Gasteiger partial charge in [0.2, 0.25) is 5.91 Å². The normalized spacial score (nSPS) is 9.50. The molecule has 16 heavy (non-hydrogen) atoms. The summed E-state index contributed by atoms with van der Waals surface area (Å²) in [6, 6.07) is 5.92. The van der Waals surface area contributed by atoms with Gasteiger partial charge < -0.3 is 5.32 Å². The summed E-state index contributed by atoms with van der Waals surface area (Å²) in [6.45, 7) is 3.96. The van der Waals surface area contributed by atoms with Crippen LogP contribution in [0.1, 0.15) is 19.4 Å². The fraction of sp³-hybridized carbons (Fsp3) is 0.308. The maximum Gasteiger partial charge on any atom is 0.223 e. The van der Waals surface area contributed by atoms with Crippen molar-refractivity contribution < 1.29 is 9.18 Å². The highest BCUT2D eigenvalue weighted by molar-refractivity contribution is 5.78. The predicted molar refractivity (Wildman–Crippen MR) is 61.1 cm³/mol. The highest BCUT2D eigenvalue weighted by Gasteiger charge is 2.03. The van der Waals surface area contributed by atoms with Gasteiger partial charge in [0.1, 0.15) is 5.82 Å². The van der Waals surface area contributed by atoms with Gasteiger partial charge in [-0.15, -0.1) is 0 Å². The highest BCUT2D eigenvalue weighted by atomic mass is 19.1. The summed E-state index contributed by atoms with van der Waals surface area (Å²) in [6.07, 6.45) is 0. The molecule has 1 rings (SSSR count). The van der Waals surface area contributed by atoms with Gasteiger partial charge in [0.15, 0.2) is 0 Å². The van der Waals surface area contributed by atoms with Crippen LogP contribution in [0.2, 0.25) is 0 Å². The Kier molecular flexibility index (Phi) is 4.53. The molecule has 0 fully saturated rings. The molecule has 1 N–H and O–H groups in total. The minimum absolute atomic E-state index is 0.0200. The fourth-order valence-electron chi connectivity index (χ4n) is 1.01. The standard InChI is InChI=1S/C13H14FNO/c1-10(2)13(16)15-9-3-4-11-5-7-12(14)8-6-11/h5-8,10H,9H2,1-2H3,(H,15,16). The third-order valence-corrected chi connectivity index (χ3v) is 1.95. The topological polar surface area (TPSA) is 29.1 Å². The van der Waals surface area contributed by atoms with Crippen molar-refractivity contribution in [2.45, 2.75) is 13.8 Å². The predicted octanol–water partition coefficient (Wildman–Crippen LogP) is 1.95. The van der Waals surface area contributed by atoms with E-state index in [1.807, 2.05) is 13.8 Å². The Morgan fingerprint density at radius 3 is 2.56 bits per heavy atom. The molecular formula is C13H14FNO. The van der Waals surface area contributed by atoms with Crippen molar-refractivity contribution in [1.82, 2.24) is 5.32 Å². The molecule has 0 saturated carbocycles. The summed E-state index contributed by atoms with van der Waals surface area (Å²) in [5.41, 5.74) is 0.736. The number of hydrogen-bond acceptors (Lipinski definition) is 1. The lowest BCUT2D eigenvalue weighted by molar-refractivity contribution is -0.123. The van der Waals surface area contributed by atoms with E-state index in [1.54, 1.807) is 12.1 Å². The first-order valence-electron chi connectivity index (χ1n) is 5.11. The number of amides is 1. The van der Waals surface area contributed by atoms with Gasteiger partial charge in [-0.25, -0.2) is 4.39 Å². The summed E-state index contributed by atoms with van der Waals surface area (Å²) >= 11 is 0. The van der Waals surface area contributed by atoms with Crippen molar-refractivity contribution in [2.75, 3.05) is 6.54 Å². The van der Waals surface area contributed by atoms with Crippen LogP contribution in [0.3, 0.4) is 0 Å². The van der Waals surface area contributed by atoms with Crippen LogP contribution in [0.4, 0.5) is 4.39 Å². The summed E-state index contributed by atoms with van der Waals surface area (Å²) in [7, 11) is 0. The molecule has 0 heterocycles. The SMILES string of the molecule is CC(C)C(=O)NCC#Cc1ccc(F)cc1. The van der Waals surface area contributed by atoms with Crippen LogP contribution >= 0.6 is 0 Å². The molecule has 0 radical (unpaired) electrons. The zero-order chi connectivity index (χ0) is 12.0. The van der Waals surface area contributed by atoms with E-state index in [-0.39, 0.29) is 17.6 Å². The van der Waals surface area contributed by atoms with Crippen molar-refractivity contribution in [1.29, 1.82) is 0 Å². The number of carbonyl (C=O) groups excluding carboxylic acids is 1. The largest absolute Gasteiger partial charge is 0.345 e. The second kappa shape index (κ2) is 5.92. The molecule has 0 aliphatic heterocycles. The molecule has 1 amide bonds. The van der Waals surface area contributed by atoms with Gasteiger partial charge in [-0.1, -0.05) is 25.7 Å². The van der Waals surface area contributed by atoms with E-state index in [1.165, 1.54) is 12.1 Å². The molecule has 1 aromatic carbocycles. The lowest BCUT2D eigenvalue weighted by Gasteiger charge is -2.02. The number of halogens is 1. The maximum atomic E-state index is 12.6. The summed E-state index contributed by atoms with van der Waals surface area (Å²) in [5, 5.41) is 2.68. The van der Waals surface area contributed by atoms with Crippen LogP contribution in [-0.4, -0.2) is 12.5 Å². The van der Waals surface area contributed by atoms with E-state index < -0.39 is 0 Å². The fourth-order valence-corrected chi connectivity index (χ4v) is 1.01. The van der Waals surface area contributed by atoms with Gasteiger partial charge in [0.05, 0.1) is 6.54 Å². The van der Waals surface area contributed by atoms with Gasteiger partial charge in [0, 0.05) is 11.5 Å². The van der Waals surface area contributed by atoms with E-state index in [0.717, 1.165) is 5.56 Å². The zero-order valence-electron chi connectivity index (χ0n) is 9.38. The molecule has 0 bridgehead atoms. The van der Waals surface area contributed by atoms with E-state index >= 15 is 0 Å². The zero-order valence-corrected chi connectivity index (χ0v) is 9.38. The van der Waals surface area contributed by atoms with Gasteiger partial charge >= 0.3 is 0 Å². The van der Waals surface area contributed by atoms with E-state index in [0.29, 0.717) is 6.54 Å². The van der Waals surface area contributed by atoms with Crippen LogP contribution in [0.25, 0.3) is 0 Å². The quantitative estimate of drug-likeness (QED) is 0.757. The Morgan fingerprint density at radius 1 is 1.38 bits per heavy atom. The molecule has 0 saturated heterocycles. The van der Waals surface area contributed by atoms with Crippen molar-refractivity contribution in [3.63, 3.8) is 0 Å². The second-order valence-electron chi connectivity index (χ2n) is 3.68. The number of rotatable bonds is 2. The lowest BCUT2D eigenvalue weighted by atomic mass is 10.2. The van der Waals surface area contributed by atoms with Crippen molar-refractivity contribution in [3.8, 4) is 11.8 Å². The average molecular weight is 219 g/mol. The van der Waals surface area contributed by atoms with Crippen molar-refractivity contribution in [3.05, 3.63) is 35.6 Å². The van der Waals surface area contributed by atoms with Gasteiger partial charge in [-0.2, -0.15) is 0 Å². The maximum absolute atomic E-state index is 12.6. The molecular weight excluding hydrogens is 205 g/mol. The molecule has 1 aromatic rings. The third kappa shape index (κ3) is 4.14. The van der Waals surface area contributed by atoms with Gasteiger partial charge in [0.25, 0.3) is 0 Å². The van der Waals surface area contributed by atoms with Gasteiger partial charge in [-0.3, -0.25) is 4.79 Å². The van der Waals surface area contributed by atoms with E-state index in [2.05, 4.69) is 17.2 Å². The first kappa shape index (κ1) is 12.3. The molecule has 84 valence electrons. The van der Waals surface area contributed by atoms with Crippen LogP contribution < -0.4 is 5.32 Å². The lowest BCUT2D eigenvalue weighted by Crippen LogP contribution is -2.27. The molecule has 0 aromatic heterocycles. The first-order chi connectivity index (χ1) is 7.59. The Labute approximate surface area is 94.9 Å². The van der Waals surface area contributed by atoms with Crippen molar-refractivity contribution >= 4 is 5.91 Å². The molecule has 0 aliphatic rings. The number of carbonyl (C=O) groups is 1. The van der Waals surface area contributed by atoms with Crippen molar-refractivity contribution in [2.24, 2.45) is 5.92 Å². The third-order valence-electron chi connectivity index (χ3n) is 1.95. The summed E-state index contributed by atoms with van der Waals surface area (Å²) in [4.78, 5) is 11.2. The first-order valence-corrected chi connectivity index (χ1v) is 5.11. The Balaban J connectivity index is 2.44.